The van der Waals surface area contributed by atoms with Gasteiger partial charge in [-0.2, -0.15) is 0 Å². The Morgan fingerprint density at radius 2 is 1.11 bits per heavy atom. The van der Waals surface area contributed by atoms with Crippen LogP contribution in [0.2, 0.25) is 0 Å². The number of anilines is 3. The molecule has 0 aliphatic carbocycles. The number of aromatic nitrogens is 4. The van der Waals surface area contributed by atoms with Crippen molar-refractivity contribution in [1.82, 2.24) is 19.5 Å². The minimum atomic E-state index is -0.193. The van der Waals surface area contributed by atoms with Gasteiger partial charge in [0.2, 0.25) is 0 Å². The zero-order valence-electron chi connectivity index (χ0n) is 38.7. The molecule has 6 nitrogen and oxygen atoms in total. The number of fused-ring (bicyclic) bond motifs is 2. The molecule has 0 unspecified atom stereocenters. The van der Waals surface area contributed by atoms with Gasteiger partial charge in [0, 0.05) is 57.9 Å². The second-order valence-electron chi connectivity index (χ2n) is 20.2. The van der Waals surface area contributed by atoms with Crippen LogP contribution in [0.15, 0.2) is 158 Å². The molecule has 9 rings (SSSR count). The van der Waals surface area contributed by atoms with E-state index >= 15 is 0 Å². The smallest absolute Gasteiger partial charge is 0.149 e. The zero-order chi connectivity index (χ0) is 45.1. The number of benzene rings is 6. The Kier molecular flexibility index (Phi) is 10.5. The van der Waals surface area contributed by atoms with Gasteiger partial charge < -0.3 is 10.0 Å². The number of nitrogens with zero attached hydrogens (tertiary/aromatic N) is 5. The summed E-state index contributed by atoms with van der Waals surface area (Å²) >= 11 is 0. The second kappa shape index (κ2) is 15.9. The number of pyridine rings is 2. The Labute approximate surface area is 378 Å². The second-order valence-corrected chi connectivity index (χ2v) is 20.2. The van der Waals surface area contributed by atoms with E-state index in [0.717, 1.165) is 78.1 Å². The van der Waals surface area contributed by atoms with E-state index in [2.05, 4.69) is 200 Å². The molecule has 0 radical (unpaired) electrons. The number of imidazole rings is 1. The molecule has 0 saturated heterocycles. The minimum absolute atomic E-state index is 0.0343. The van der Waals surface area contributed by atoms with E-state index in [9.17, 15) is 5.11 Å². The number of aryl methyl sites for hydroxylation is 1. The SMILES string of the molecule is Cc1ccnc2c(-c3cc(-c4cc(N(c5ccccc5)c5ccccc5)cc5c4nc(-c4cc(C(C)(C)C)ccc4O)n5-c4ccc(C(C)(C)C)cc4)cc(C(C)(C)C)c3)cncc12. The van der Waals surface area contributed by atoms with Gasteiger partial charge in [-0.1, -0.05) is 129 Å². The summed E-state index contributed by atoms with van der Waals surface area (Å²) in [5, 5.41) is 12.9. The van der Waals surface area contributed by atoms with Crippen LogP contribution in [0.25, 0.3) is 61.3 Å². The van der Waals surface area contributed by atoms with Crippen LogP contribution >= 0.6 is 0 Å². The van der Waals surface area contributed by atoms with Crippen molar-refractivity contribution in [3.63, 3.8) is 0 Å². The molecular weight excluding hydrogens is 783 g/mol. The molecule has 3 heterocycles. The number of phenols is 1. The molecule has 9 aromatic rings. The first-order valence-corrected chi connectivity index (χ1v) is 22.2. The van der Waals surface area contributed by atoms with E-state index in [4.69, 9.17) is 15.0 Å². The van der Waals surface area contributed by atoms with E-state index in [-0.39, 0.29) is 22.0 Å². The van der Waals surface area contributed by atoms with Gasteiger partial charge in [-0.3, -0.25) is 14.5 Å². The third-order valence-corrected chi connectivity index (χ3v) is 12.4. The van der Waals surface area contributed by atoms with Crippen LogP contribution in [0.5, 0.6) is 5.75 Å². The molecule has 320 valence electrons. The molecule has 0 saturated carbocycles. The van der Waals surface area contributed by atoms with Crippen molar-refractivity contribution in [2.75, 3.05) is 4.90 Å². The van der Waals surface area contributed by atoms with Crippen LogP contribution in [0.3, 0.4) is 0 Å². The molecule has 0 amide bonds. The Hall–Kier alpha value is -7.05. The van der Waals surface area contributed by atoms with E-state index in [1.54, 1.807) is 0 Å². The van der Waals surface area contributed by atoms with Crippen molar-refractivity contribution < 1.29 is 5.11 Å². The lowest BCUT2D eigenvalue weighted by Gasteiger charge is -2.27. The zero-order valence-corrected chi connectivity index (χ0v) is 38.7. The highest BCUT2D eigenvalue weighted by molar-refractivity contribution is 6.02. The molecule has 6 aromatic carbocycles. The third kappa shape index (κ3) is 7.94. The lowest BCUT2D eigenvalue weighted by Crippen LogP contribution is -2.12. The molecule has 0 aliphatic rings. The van der Waals surface area contributed by atoms with E-state index in [1.807, 2.05) is 36.8 Å². The Morgan fingerprint density at radius 1 is 0.516 bits per heavy atom. The van der Waals surface area contributed by atoms with Crippen molar-refractivity contribution >= 4 is 39.0 Å². The lowest BCUT2D eigenvalue weighted by atomic mass is 9.83. The molecule has 0 aliphatic heterocycles. The number of para-hydroxylation sites is 2. The summed E-state index contributed by atoms with van der Waals surface area (Å²) in [6, 6.07) is 49.3. The standard InChI is InChI=1S/C58H57N5O/c1-37-27-28-60-53-49(37)35-59-36-50(53)39-29-38(30-42(31-39)58(8,9)10)47-33-46(62(43-17-13-11-14-18-43)44-19-15-12-16-20-44)34-51-54(47)61-55(48-32-41(57(5,6)7)23-26-52(48)64)63(51)45-24-21-40(22-25-45)56(2,3)4/h11-36,64H,1-10H3. The lowest BCUT2D eigenvalue weighted by molar-refractivity contribution is 0.475. The van der Waals surface area contributed by atoms with Gasteiger partial charge >= 0.3 is 0 Å². The topological polar surface area (TPSA) is 67.1 Å². The maximum atomic E-state index is 11.8. The van der Waals surface area contributed by atoms with Crippen molar-refractivity contribution in [2.45, 2.75) is 85.5 Å². The summed E-state index contributed by atoms with van der Waals surface area (Å²) in [4.78, 5) is 17.6. The summed E-state index contributed by atoms with van der Waals surface area (Å²) in [7, 11) is 0. The molecule has 0 fully saturated rings. The van der Waals surface area contributed by atoms with Crippen LogP contribution in [0.1, 0.15) is 84.6 Å². The number of rotatable bonds is 7. The Balaban J connectivity index is 1.43. The van der Waals surface area contributed by atoms with Gasteiger partial charge in [0.05, 0.1) is 22.1 Å². The maximum Gasteiger partial charge on any atom is 0.149 e. The minimum Gasteiger partial charge on any atom is -0.507 e. The van der Waals surface area contributed by atoms with E-state index < -0.39 is 0 Å². The first-order chi connectivity index (χ1) is 30.5. The van der Waals surface area contributed by atoms with Gasteiger partial charge in [-0.15, -0.1) is 0 Å². The first-order valence-electron chi connectivity index (χ1n) is 22.2. The van der Waals surface area contributed by atoms with E-state index in [1.165, 1.54) is 11.1 Å². The monoisotopic (exact) mass is 839 g/mol. The number of hydrogen-bond acceptors (Lipinski definition) is 5. The quantitative estimate of drug-likeness (QED) is 0.173. The normalized spacial score (nSPS) is 12.3. The van der Waals surface area contributed by atoms with Crippen molar-refractivity contribution in [2.24, 2.45) is 0 Å². The molecular formula is C58H57N5O. The average molecular weight is 840 g/mol. The van der Waals surface area contributed by atoms with Crippen LogP contribution < -0.4 is 4.90 Å². The summed E-state index contributed by atoms with van der Waals surface area (Å²) in [6.07, 6.45) is 5.74. The molecule has 1 N–H and O–H groups in total. The third-order valence-electron chi connectivity index (χ3n) is 12.4. The van der Waals surface area contributed by atoms with Crippen LogP contribution in [-0.4, -0.2) is 24.6 Å². The fourth-order valence-corrected chi connectivity index (χ4v) is 8.62. The molecule has 6 heteroatoms. The van der Waals surface area contributed by atoms with Crippen molar-refractivity contribution in [1.29, 1.82) is 0 Å². The summed E-state index contributed by atoms with van der Waals surface area (Å²) in [5.41, 5.74) is 15.6. The van der Waals surface area contributed by atoms with Gasteiger partial charge in [0.15, 0.2) is 0 Å². The first kappa shape index (κ1) is 42.3. The van der Waals surface area contributed by atoms with Gasteiger partial charge in [-0.05, 0) is 129 Å². The fourth-order valence-electron chi connectivity index (χ4n) is 8.62. The highest BCUT2D eigenvalue weighted by Crippen LogP contribution is 2.46. The molecule has 0 bridgehead atoms. The van der Waals surface area contributed by atoms with Crippen molar-refractivity contribution in [3.8, 4) is 45.1 Å². The highest BCUT2D eigenvalue weighted by Gasteiger charge is 2.27. The van der Waals surface area contributed by atoms with Gasteiger partial charge in [-0.25, -0.2) is 4.98 Å². The van der Waals surface area contributed by atoms with Gasteiger partial charge in [0.25, 0.3) is 0 Å². The summed E-state index contributed by atoms with van der Waals surface area (Å²) < 4.78 is 2.24. The van der Waals surface area contributed by atoms with Crippen molar-refractivity contribution in [3.05, 3.63) is 180 Å². The van der Waals surface area contributed by atoms with Crippen LogP contribution in [0, 0.1) is 6.92 Å². The number of phenolic OH excluding ortho intramolecular Hbond substituents is 1. The van der Waals surface area contributed by atoms with Crippen LogP contribution in [0.4, 0.5) is 17.1 Å². The molecule has 3 aromatic heterocycles. The highest BCUT2D eigenvalue weighted by atomic mass is 16.3. The van der Waals surface area contributed by atoms with E-state index in [0.29, 0.717) is 11.4 Å². The molecule has 0 atom stereocenters. The fraction of sp³-hybridized carbons (Fsp3) is 0.224. The molecule has 0 spiro atoms. The predicted molar refractivity (Wildman–Crippen MR) is 268 cm³/mol. The predicted octanol–water partition coefficient (Wildman–Crippen LogP) is 15.3. The Morgan fingerprint density at radius 3 is 1.72 bits per heavy atom. The Bertz CT molecular complexity index is 3120. The number of hydrogen-bond donors (Lipinski definition) is 1. The molecule has 64 heavy (non-hydrogen) atoms. The van der Waals surface area contributed by atoms with Gasteiger partial charge in [0.1, 0.15) is 11.6 Å². The summed E-state index contributed by atoms with van der Waals surface area (Å²) in [5.74, 6) is 0.840. The average Bonchev–Trinajstić information content (AvgIpc) is 3.65. The van der Waals surface area contributed by atoms with Crippen LogP contribution in [-0.2, 0) is 16.2 Å². The number of aromatic hydroxyl groups is 1. The largest absolute Gasteiger partial charge is 0.507 e. The summed E-state index contributed by atoms with van der Waals surface area (Å²) in [6.45, 7) is 22.2. The maximum absolute atomic E-state index is 11.8.